The molecule has 1 rings (SSSR count). The van der Waals surface area contributed by atoms with E-state index >= 15 is 0 Å². The molecule has 1 amide bonds. The number of anilines is 1. The summed E-state index contributed by atoms with van der Waals surface area (Å²) < 4.78 is 18.4. The number of aromatic nitrogens is 1. The van der Waals surface area contributed by atoms with Crippen LogP contribution in [0.2, 0.25) is 0 Å². The highest BCUT2D eigenvalue weighted by Gasteiger charge is 2.20. The van der Waals surface area contributed by atoms with Crippen molar-refractivity contribution in [2.75, 3.05) is 25.6 Å². The molecule has 0 spiro atoms. The van der Waals surface area contributed by atoms with Crippen LogP contribution in [-0.4, -0.2) is 37.2 Å². The van der Waals surface area contributed by atoms with Gasteiger partial charge >= 0.3 is 0 Å². The molecule has 5 nitrogen and oxygen atoms in total. The molecular weight excluding hydrogens is 261 g/mol. The van der Waals surface area contributed by atoms with Gasteiger partial charge in [-0.3, -0.25) is 4.79 Å². The van der Waals surface area contributed by atoms with Crippen LogP contribution in [-0.2, 0) is 4.74 Å². The van der Waals surface area contributed by atoms with Gasteiger partial charge in [0.1, 0.15) is 11.6 Å². The summed E-state index contributed by atoms with van der Waals surface area (Å²) in [5.74, 6) is -0.303. The first kappa shape index (κ1) is 16.4. The second-order valence-corrected chi connectivity index (χ2v) is 4.86. The Kier molecular flexibility index (Phi) is 6.38. The Balaban J connectivity index is 2.92. The van der Waals surface area contributed by atoms with E-state index in [0.29, 0.717) is 19.0 Å². The minimum Gasteiger partial charge on any atom is -0.383 e. The van der Waals surface area contributed by atoms with Crippen molar-refractivity contribution in [3.63, 3.8) is 0 Å². The first-order valence-corrected chi connectivity index (χ1v) is 6.68. The highest BCUT2D eigenvalue weighted by Crippen LogP contribution is 2.14. The van der Waals surface area contributed by atoms with Gasteiger partial charge in [0.25, 0.3) is 5.91 Å². The fourth-order valence-corrected chi connectivity index (χ4v) is 1.75. The Morgan fingerprint density at radius 3 is 2.75 bits per heavy atom. The van der Waals surface area contributed by atoms with Crippen molar-refractivity contribution in [3.8, 4) is 0 Å². The van der Waals surface area contributed by atoms with Crippen LogP contribution in [0.5, 0.6) is 0 Å². The highest BCUT2D eigenvalue weighted by molar-refractivity contribution is 5.98. The molecule has 112 valence electrons. The average molecular weight is 283 g/mol. The first-order chi connectivity index (χ1) is 9.49. The number of ether oxygens (including phenoxy) is 1. The van der Waals surface area contributed by atoms with E-state index in [2.05, 4.69) is 15.6 Å². The van der Waals surface area contributed by atoms with Gasteiger partial charge in [0.15, 0.2) is 0 Å². The number of pyridine rings is 1. The number of rotatable bonds is 7. The lowest BCUT2D eigenvalue weighted by molar-refractivity contribution is 0.0866. The molecule has 1 heterocycles. The van der Waals surface area contributed by atoms with Crippen molar-refractivity contribution in [3.05, 3.63) is 23.6 Å². The van der Waals surface area contributed by atoms with Gasteiger partial charge in [0, 0.05) is 13.7 Å². The minimum atomic E-state index is -0.537. The van der Waals surface area contributed by atoms with Gasteiger partial charge in [-0.1, -0.05) is 13.8 Å². The van der Waals surface area contributed by atoms with Gasteiger partial charge in [-0.25, -0.2) is 9.37 Å². The molecule has 1 aromatic rings. The summed E-state index contributed by atoms with van der Waals surface area (Å²) in [5.41, 5.74) is 0.202. The zero-order valence-electron chi connectivity index (χ0n) is 12.4. The second-order valence-electron chi connectivity index (χ2n) is 4.86. The molecule has 0 fully saturated rings. The average Bonchev–Trinajstić information content (AvgIpc) is 2.40. The normalized spacial score (nSPS) is 12.3. The van der Waals surface area contributed by atoms with Crippen LogP contribution in [0.25, 0.3) is 0 Å². The van der Waals surface area contributed by atoms with E-state index in [-0.39, 0.29) is 23.4 Å². The maximum atomic E-state index is 13.3. The smallest absolute Gasteiger partial charge is 0.255 e. The number of hydrogen-bond donors (Lipinski definition) is 2. The van der Waals surface area contributed by atoms with E-state index in [4.69, 9.17) is 4.74 Å². The number of carbonyl (C=O) groups is 1. The van der Waals surface area contributed by atoms with Gasteiger partial charge in [0.2, 0.25) is 0 Å². The number of carbonyl (C=O) groups excluding carboxylic acids is 1. The SMILES string of the molecule is CCNc1ncc(F)cc1C(=O)NC(COC)C(C)C. The maximum Gasteiger partial charge on any atom is 0.255 e. The molecule has 0 aromatic carbocycles. The van der Waals surface area contributed by atoms with E-state index in [1.54, 1.807) is 7.11 Å². The molecule has 0 aliphatic rings. The third kappa shape index (κ3) is 4.45. The van der Waals surface area contributed by atoms with Gasteiger partial charge in [-0.05, 0) is 18.9 Å². The zero-order chi connectivity index (χ0) is 15.1. The van der Waals surface area contributed by atoms with Crippen LogP contribution >= 0.6 is 0 Å². The van der Waals surface area contributed by atoms with Crippen molar-refractivity contribution in [2.45, 2.75) is 26.8 Å². The van der Waals surface area contributed by atoms with Crippen molar-refractivity contribution in [1.82, 2.24) is 10.3 Å². The van der Waals surface area contributed by atoms with Crippen LogP contribution < -0.4 is 10.6 Å². The van der Waals surface area contributed by atoms with E-state index in [0.717, 1.165) is 6.20 Å². The van der Waals surface area contributed by atoms with Crippen LogP contribution in [0, 0.1) is 11.7 Å². The summed E-state index contributed by atoms with van der Waals surface area (Å²) >= 11 is 0. The quantitative estimate of drug-likeness (QED) is 0.804. The largest absolute Gasteiger partial charge is 0.383 e. The van der Waals surface area contributed by atoms with Crippen molar-refractivity contribution >= 4 is 11.7 Å². The topological polar surface area (TPSA) is 63.2 Å². The number of halogens is 1. The molecule has 2 N–H and O–H groups in total. The fraction of sp³-hybridized carbons (Fsp3) is 0.571. The predicted octanol–water partition coefficient (Wildman–Crippen LogP) is 2.05. The molecule has 1 unspecified atom stereocenters. The molecule has 0 aliphatic heterocycles. The van der Waals surface area contributed by atoms with E-state index in [1.807, 2.05) is 20.8 Å². The van der Waals surface area contributed by atoms with Crippen LogP contribution in [0.1, 0.15) is 31.1 Å². The number of nitrogens with zero attached hydrogens (tertiary/aromatic N) is 1. The maximum absolute atomic E-state index is 13.3. The number of methoxy groups -OCH3 is 1. The summed E-state index contributed by atoms with van der Waals surface area (Å²) in [4.78, 5) is 16.2. The lowest BCUT2D eigenvalue weighted by Crippen LogP contribution is -2.42. The molecule has 1 aromatic heterocycles. The Morgan fingerprint density at radius 2 is 2.20 bits per heavy atom. The first-order valence-electron chi connectivity index (χ1n) is 6.68. The van der Waals surface area contributed by atoms with Crippen molar-refractivity contribution < 1.29 is 13.9 Å². The minimum absolute atomic E-state index is 0.134. The molecule has 0 bridgehead atoms. The molecule has 0 radical (unpaired) electrons. The van der Waals surface area contributed by atoms with Gasteiger partial charge in [0.05, 0.1) is 24.4 Å². The Morgan fingerprint density at radius 1 is 1.50 bits per heavy atom. The number of amides is 1. The Labute approximate surface area is 118 Å². The standard InChI is InChI=1S/C14H22FN3O2/c1-5-16-13-11(6-10(15)7-17-13)14(19)18-12(8-20-4)9(2)3/h6-7,9,12H,5,8H2,1-4H3,(H,16,17)(H,18,19). The molecule has 6 heteroatoms. The summed E-state index contributed by atoms with van der Waals surface area (Å²) in [5, 5.41) is 5.80. The molecule has 1 atom stereocenters. The molecular formula is C14H22FN3O2. The van der Waals surface area contributed by atoms with Gasteiger partial charge in [-0.15, -0.1) is 0 Å². The third-order valence-corrected chi connectivity index (χ3v) is 2.91. The van der Waals surface area contributed by atoms with E-state index in [1.165, 1.54) is 6.07 Å². The Hall–Kier alpha value is -1.69. The Bertz CT molecular complexity index is 452. The van der Waals surface area contributed by atoms with Crippen LogP contribution in [0.4, 0.5) is 10.2 Å². The van der Waals surface area contributed by atoms with Crippen LogP contribution in [0.3, 0.4) is 0 Å². The van der Waals surface area contributed by atoms with E-state index < -0.39 is 5.82 Å². The third-order valence-electron chi connectivity index (χ3n) is 2.91. The summed E-state index contributed by atoms with van der Waals surface area (Å²) in [6, 6.07) is 1.05. The monoisotopic (exact) mass is 283 g/mol. The molecule has 20 heavy (non-hydrogen) atoms. The van der Waals surface area contributed by atoms with Crippen molar-refractivity contribution in [1.29, 1.82) is 0 Å². The molecule has 0 saturated carbocycles. The van der Waals surface area contributed by atoms with Gasteiger partial charge in [-0.2, -0.15) is 0 Å². The molecule has 0 saturated heterocycles. The summed E-state index contributed by atoms with van der Waals surface area (Å²) in [6.07, 6.45) is 1.09. The zero-order valence-corrected chi connectivity index (χ0v) is 12.4. The molecule has 0 aliphatic carbocycles. The fourth-order valence-electron chi connectivity index (χ4n) is 1.75. The van der Waals surface area contributed by atoms with Crippen molar-refractivity contribution in [2.24, 2.45) is 5.92 Å². The number of hydrogen-bond acceptors (Lipinski definition) is 4. The summed E-state index contributed by atoms with van der Waals surface area (Å²) in [6.45, 7) is 6.86. The highest BCUT2D eigenvalue weighted by atomic mass is 19.1. The van der Waals surface area contributed by atoms with Crippen LogP contribution in [0.15, 0.2) is 12.3 Å². The lowest BCUT2D eigenvalue weighted by Gasteiger charge is -2.22. The number of nitrogens with one attached hydrogen (secondary N) is 2. The van der Waals surface area contributed by atoms with E-state index in [9.17, 15) is 9.18 Å². The van der Waals surface area contributed by atoms with Gasteiger partial charge < -0.3 is 15.4 Å². The second kappa shape index (κ2) is 7.79. The summed E-state index contributed by atoms with van der Waals surface area (Å²) in [7, 11) is 1.58. The predicted molar refractivity (Wildman–Crippen MR) is 76.3 cm³/mol. The lowest BCUT2D eigenvalue weighted by atomic mass is 10.0.